The van der Waals surface area contributed by atoms with E-state index in [1.807, 2.05) is 24.3 Å². The molecule has 1 aromatic heterocycles. The molecule has 1 unspecified atom stereocenters. The van der Waals surface area contributed by atoms with E-state index >= 15 is 0 Å². The minimum atomic E-state index is 0.0187. The highest BCUT2D eigenvalue weighted by Crippen LogP contribution is 2.39. The van der Waals surface area contributed by atoms with E-state index in [9.17, 15) is 0 Å². The minimum absolute atomic E-state index is 0.0187. The number of nitrogens with zero attached hydrogens (tertiary/aromatic N) is 2. The van der Waals surface area contributed by atoms with Crippen LogP contribution in [0, 0.1) is 10.8 Å². The van der Waals surface area contributed by atoms with Gasteiger partial charge in [0.25, 0.3) is 0 Å². The van der Waals surface area contributed by atoms with Crippen molar-refractivity contribution < 1.29 is 4.42 Å². The van der Waals surface area contributed by atoms with Gasteiger partial charge in [0.05, 0.1) is 17.4 Å². The molecule has 6 rings (SSSR count). The summed E-state index contributed by atoms with van der Waals surface area (Å²) >= 11 is 0. The smallest absolute Gasteiger partial charge is 0.227 e. The van der Waals surface area contributed by atoms with Crippen molar-refractivity contribution in [3.8, 4) is 11.5 Å². The maximum absolute atomic E-state index is 6.06. The molecule has 50 heavy (non-hydrogen) atoms. The van der Waals surface area contributed by atoms with Crippen LogP contribution < -0.4 is 10.4 Å². The molecule has 0 bridgehead atoms. The standard InChI is InChI=1S/C46H55N3O/c1-43(2,3)30-45(7,8)35-22-15-32(16-23-35)17-26-37-29-40(33-18-24-36(25-19-33)46(9,10)31-44(4,5)6)49(48-37)38-27-20-34(21-28-38)42-47-39-13-11-12-14-41(39)50-42/h11-29,40,48H,30-31H2,1-10H3. The van der Waals surface area contributed by atoms with Crippen molar-refractivity contribution in [2.45, 2.75) is 99.0 Å². The monoisotopic (exact) mass is 665 g/mol. The molecule has 0 spiro atoms. The van der Waals surface area contributed by atoms with E-state index in [1.54, 1.807) is 0 Å². The molecular weight excluding hydrogens is 611 g/mol. The fourth-order valence-corrected chi connectivity index (χ4v) is 8.03. The van der Waals surface area contributed by atoms with Gasteiger partial charge < -0.3 is 4.42 Å². The van der Waals surface area contributed by atoms with Crippen LogP contribution in [-0.2, 0) is 10.8 Å². The number of anilines is 1. The Balaban J connectivity index is 1.27. The van der Waals surface area contributed by atoms with Crippen LogP contribution >= 0.6 is 0 Å². The normalized spacial score (nSPS) is 15.9. The number of para-hydroxylation sites is 2. The van der Waals surface area contributed by atoms with Gasteiger partial charge in [-0.2, -0.15) is 0 Å². The van der Waals surface area contributed by atoms with Crippen molar-refractivity contribution in [1.29, 1.82) is 0 Å². The Labute approximate surface area is 300 Å². The lowest BCUT2D eigenvalue weighted by atomic mass is 9.72. The second-order valence-electron chi connectivity index (χ2n) is 17.9. The van der Waals surface area contributed by atoms with Gasteiger partial charge in [-0.25, -0.2) is 4.98 Å². The number of rotatable bonds is 9. The average Bonchev–Trinajstić information content (AvgIpc) is 3.67. The van der Waals surface area contributed by atoms with Crippen LogP contribution in [0.2, 0.25) is 0 Å². The summed E-state index contributed by atoms with van der Waals surface area (Å²) in [7, 11) is 0. The quantitative estimate of drug-likeness (QED) is 0.170. The van der Waals surface area contributed by atoms with Crippen LogP contribution in [0.15, 0.2) is 119 Å². The second-order valence-corrected chi connectivity index (χ2v) is 17.9. The minimum Gasteiger partial charge on any atom is -0.436 e. The first kappa shape index (κ1) is 35.3. The van der Waals surface area contributed by atoms with Crippen LogP contribution in [0.5, 0.6) is 0 Å². The fourth-order valence-electron chi connectivity index (χ4n) is 8.03. The predicted octanol–water partition coefficient (Wildman–Crippen LogP) is 12.6. The SMILES string of the molecule is CC(C)(C)CC(C)(C)c1ccc(C=CC2=CC(c3ccc(C(C)(C)CC(C)(C)C)cc3)N(c3ccc(-c4nc5ccccc5o4)cc3)N2)cc1. The molecule has 4 nitrogen and oxygen atoms in total. The summed E-state index contributed by atoms with van der Waals surface area (Å²) in [5.74, 6) is 0.631. The predicted molar refractivity (Wildman–Crippen MR) is 212 cm³/mol. The molecule has 1 aliphatic rings. The van der Waals surface area contributed by atoms with Crippen molar-refractivity contribution in [2.75, 3.05) is 5.01 Å². The summed E-state index contributed by atoms with van der Waals surface area (Å²) < 4.78 is 6.06. The highest BCUT2D eigenvalue weighted by Gasteiger charge is 2.30. The second kappa shape index (κ2) is 13.3. The highest BCUT2D eigenvalue weighted by atomic mass is 16.3. The number of oxazole rings is 1. The molecule has 5 aromatic rings. The lowest BCUT2D eigenvalue weighted by Crippen LogP contribution is -2.34. The van der Waals surface area contributed by atoms with Crippen LogP contribution in [0.3, 0.4) is 0 Å². The summed E-state index contributed by atoms with van der Waals surface area (Å²) in [6, 6.07) is 34.7. The van der Waals surface area contributed by atoms with E-state index < -0.39 is 0 Å². The van der Waals surface area contributed by atoms with Gasteiger partial charge in [0.15, 0.2) is 5.58 Å². The summed E-state index contributed by atoms with van der Waals surface area (Å²) in [5.41, 5.74) is 14.4. The third-order valence-electron chi connectivity index (χ3n) is 9.68. The number of benzene rings is 4. The van der Waals surface area contributed by atoms with Crippen molar-refractivity contribution in [2.24, 2.45) is 10.8 Å². The van der Waals surface area contributed by atoms with Gasteiger partial charge in [0.2, 0.25) is 5.89 Å². The van der Waals surface area contributed by atoms with Crippen LogP contribution in [-0.4, -0.2) is 4.98 Å². The van der Waals surface area contributed by atoms with Crippen LogP contribution in [0.25, 0.3) is 28.6 Å². The molecule has 1 N–H and O–H groups in total. The number of hydrogen-bond donors (Lipinski definition) is 1. The molecule has 0 fully saturated rings. The van der Waals surface area contributed by atoms with Crippen LogP contribution in [0.4, 0.5) is 5.69 Å². The average molecular weight is 666 g/mol. The maximum atomic E-state index is 6.06. The third-order valence-corrected chi connectivity index (χ3v) is 9.68. The molecule has 2 heterocycles. The fraction of sp³-hybridized carbons (Fsp3) is 0.370. The van der Waals surface area contributed by atoms with Gasteiger partial charge in [0, 0.05) is 5.56 Å². The third kappa shape index (κ3) is 8.24. The lowest BCUT2D eigenvalue weighted by Gasteiger charge is -2.33. The van der Waals surface area contributed by atoms with E-state index in [0.717, 1.165) is 40.9 Å². The van der Waals surface area contributed by atoms with Crippen molar-refractivity contribution in [3.05, 3.63) is 137 Å². The zero-order valence-electron chi connectivity index (χ0n) is 31.8. The molecule has 0 aliphatic carbocycles. The molecule has 4 aromatic carbocycles. The van der Waals surface area contributed by atoms with E-state index in [0.29, 0.717) is 5.89 Å². The summed E-state index contributed by atoms with van der Waals surface area (Å²) in [6.45, 7) is 23.3. The highest BCUT2D eigenvalue weighted by molar-refractivity contribution is 5.76. The summed E-state index contributed by atoms with van der Waals surface area (Å²) in [5, 5.41) is 2.25. The Hall–Kier alpha value is -4.57. The van der Waals surface area contributed by atoms with Gasteiger partial charge in [-0.05, 0) is 105 Å². The summed E-state index contributed by atoms with van der Waals surface area (Å²) in [4.78, 5) is 4.71. The topological polar surface area (TPSA) is 41.3 Å². The molecule has 0 amide bonds. The first-order chi connectivity index (χ1) is 23.5. The molecule has 1 aliphatic heterocycles. The number of allylic oxidation sites excluding steroid dienone is 1. The Morgan fingerprint density at radius 2 is 1.22 bits per heavy atom. The number of nitrogens with one attached hydrogen (secondary N) is 1. The Morgan fingerprint density at radius 1 is 0.660 bits per heavy atom. The Kier molecular flexibility index (Phi) is 9.37. The molecular formula is C46H55N3O. The Morgan fingerprint density at radius 3 is 1.78 bits per heavy atom. The number of hydrogen-bond acceptors (Lipinski definition) is 4. The van der Waals surface area contributed by atoms with Crippen molar-refractivity contribution >= 4 is 22.9 Å². The van der Waals surface area contributed by atoms with Crippen molar-refractivity contribution in [3.63, 3.8) is 0 Å². The number of aromatic nitrogens is 1. The van der Waals surface area contributed by atoms with E-state index in [-0.39, 0.29) is 27.7 Å². The van der Waals surface area contributed by atoms with Gasteiger partial charge in [0.1, 0.15) is 5.52 Å². The molecule has 1 atom stereocenters. The van der Waals surface area contributed by atoms with Gasteiger partial charge in [-0.3, -0.25) is 10.4 Å². The zero-order chi connectivity index (χ0) is 35.9. The van der Waals surface area contributed by atoms with Gasteiger partial charge >= 0.3 is 0 Å². The molecule has 4 heteroatoms. The van der Waals surface area contributed by atoms with Gasteiger partial charge in [-0.1, -0.05) is 136 Å². The van der Waals surface area contributed by atoms with Gasteiger partial charge in [-0.15, -0.1) is 0 Å². The molecule has 0 saturated carbocycles. The summed E-state index contributed by atoms with van der Waals surface area (Å²) in [6.07, 6.45) is 8.96. The van der Waals surface area contributed by atoms with E-state index in [4.69, 9.17) is 9.40 Å². The van der Waals surface area contributed by atoms with Crippen molar-refractivity contribution in [1.82, 2.24) is 10.4 Å². The lowest BCUT2D eigenvalue weighted by molar-refractivity contribution is 0.283. The molecule has 0 radical (unpaired) electrons. The largest absolute Gasteiger partial charge is 0.436 e. The Bertz CT molecular complexity index is 1940. The van der Waals surface area contributed by atoms with E-state index in [2.05, 4.69) is 171 Å². The maximum Gasteiger partial charge on any atom is 0.227 e. The first-order valence-corrected chi connectivity index (χ1v) is 18.1. The first-order valence-electron chi connectivity index (χ1n) is 18.1. The number of hydrazine groups is 1. The van der Waals surface area contributed by atoms with E-state index in [1.165, 1.54) is 22.3 Å². The molecule has 0 saturated heterocycles. The van der Waals surface area contributed by atoms with Crippen LogP contribution in [0.1, 0.15) is 110 Å². The molecule has 260 valence electrons. The number of fused-ring (bicyclic) bond motifs is 1. The zero-order valence-corrected chi connectivity index (χ0v) is 31.8.